The third-order valence-corrected chi connectivity index (χ3v) is 4.32. The lowest BCUT2D eigenvalue weighted by Crippen LogP contribution is -2.06. The lowest BCUT2D eigenvalue weighted by Gasteiger charge is -2.09. The Kier molecular flexibility index (Phi) is 3.49. The molecule has 21 heavy (non-hydrogen) atoms. The zero-order valence-corrected chi connectivity index (χ0v) is 13.6. The van der Waals surface area contributed by atoms with Gasteiger partial charge in [-0.1, -0.05) is 6.07 Å². The largest absolute Gasteiger partial charge is 0.322 e. The maximum atomic E-state index is 6.09. The number of nitrogens with zero attached hydrogens (tertiary/aromatic N) is 4. The monoisotopic (exact) mass is 302 g/mol. The number of alkyl halides is 1. The summed E-state index contributed by atoms with van der Waals surface area (Å²) in [6, 6.07) is 6.30. The summed E-state index contributed by atoms with van der Waals surface area (Å²) >= 11 is 6.09. The van der Waals surface area contributed by atoms with Crippen LogP contribution in [0.4, 0.5) is 0 Å². The molecular weight excluding hydrogens is 284 g/mol. The average molecular weight is 303 g/mol. The van der Waals surface area contributed by atoms with Crippen LogP contribution in [0.5, 0.6) is 0 Å². The predicted molar refractivity (Wildman–Crippen MR) is 85.8 cm³/mol. The van der Waals surface area contributed by atoms with Crippen molar-refractivity contribution in [2.75, 3.05) is 0 Å². The molecule has 110 valence electrons. The molecule has 0 atom stereocenters. The first-order chi connectivity index (χ1) is 10.0. The summed E-state index contributed by atoms with van der Waals surface area (Å²) in [5.74, 6) is 1.31. The van der Waals surface area contributed by atoms with Gasteiger partial charge in [0.05, 0.1) is 29.2 Å². The molecule has 1 aromatic carbocycles. The molecule has 0 radical (unpaired) electrons. The van der Waals surface area contributed by atoms with Crippen molar-refractivity contribution in [1.29, 1.82) is 0 Å². The number of aromatic nitrogens is 4. The van der Waals surface area contributed by atoms with E-state index in [-0.39, 0.29) is 0 Å². The van der Waals surface area contributed by atoms with Gasteiger partial charge in [-0.15, -0.1) is 11.6 Å². The number of halogens is 1. The zero-order valence-electron chi connectivity index (χ0n) is 12.8. The van der Waals surface area contributed by atoms with E-state index in [4.69, 9.17) is 11.6 Å². The highest BCUT2D eigenvalue weighted by atomic mass is 35.5. The summed E-state index contributed by atoms with van der Waals surface area (Å²) in [7, 11) is 1.98. The second kappa shape index (κ2) is 5.19. The van der Waals surface area contributed by atoms with Crippen molar-refractivity contribution in [3.8, 4) is 0 Å². The Morgan fingerprint density at radius 2 is 1.95 bits per heavy atom. The molecule has 4 nitrogen and oxygen atoms in total. The van der Waals surface area contributed by atoms with Crippen molar-refractivity contribution < 1.29 is 0 Å². The minimum absolute atomic E-state index is 0.409. The Bertz CT molecular complexity index is 813. The van der Waals surface area contributed by atoms with E-state index in [1.54, 1.807) is 0 Å². The Morgan fingerprint density at radius 1 is 1.19 bits per heavy atom. The van der Waals surface area contributed by atoms with Gasteiger partial charge in [-0.05, 0) is 38.5 Å². The first-order valence-corrected chi connectivity index (χ1v) is 7.55. The van der Waals surface area contributed by atoms with E-state index in [0.29, 0.717) is 5.88 Å². The summed E-state index contributed by atoms with van der Waals surface area (Å²) in [5.41, 5.74) is 6.84. The Morgan fingerprint density at radius 3 is 2.57 bits per heavy atom. The first kappa shape index (κ1) is 14.1. The van der Waals surface area contributed by atoms with Gasteiger partial charge in [0.2, 0.25) is 0 Å². The molecule has 3 rings (SSSR count). The second-order valence-electron chi connectivity index (χ2n) is 5.51. The molecule has 0 bridgehead atoms. The second-order valence-corrected chi connectivity index (χ2v) is 5.78. The number of hydrogen-bond donors (Lipinski definition) is 0. The molecule has 5 heteroatoms. The highest BCUT2D eigenvalue weighted by Crippen LogP contribution is 2.22. The van der Waals surface area contributed by atoms with Gasteiger partial charge in [0.1, 0.15) is 5.82 Å². The number of benzene rings is 1. The molecule has 0 amide bonds. The molecular formula is C16H19ClN4. The molecule has 0 saturated carbocycles. The minimum Gasteiger partial charge on any atom is -0.322 e. The van der Waals surface area contributed by atoms with E-state index in [1.807, 2.05) is 18.7 Å². The Labute approximate surface area is 129 Å². The van der Waals surface area contributed by atoms with Crippen LogP contribution in [-0.4, -0.2) is 19.3 Å². The van der Waals surface area contributed by atoms with Gasteiger partial charge in [0.25, 0.3) is 0 Å². The minimum atomic E-state index is 0.409. The molecule has 0 fully saturated rings. The smallest absolute Gasteiger partial charge is 0.125 e. The van der Waals surface area contributed by atoms with Gasteiger partial charge < -0.3 is 4.57 Å². The van der Waals surface area contributed by atoms with Crippen LogP contribution in [0.2, 0.25) is 0 Å². The normalized spacial score (nSPS) is 11.5. The van der Waals surface area contributed by atoms with Crippen molar-refractivity contribution in [2.24, 2.45) is 7.05 Å². The SMILES string of the molecule is Cc1ccc2nc(CCl)n(Cc3c(C)nn(C)c3C)c2c1. The summed E-state index contributed by atoms with van der Waals surface area (Å²) < 4.78 is 4.13. The van der Waals surface area contributed by atoms with E-state index < -0.39 is 0 Å². The molecule has 0 N–H and O–H groups in total. The topological polar surface area (TPSA) is 35.6 Å². The van der Waals surface area contributed by atoms with Crippen molar-refractivity contribution in [3.05, 3.63) is 46.5 Å². The average Bonchev–Trinajstić information content (AvgIpc) is 2.91. The number of imidazole rings is 1. The van der Waals surface area contributed by atoms with Gasteiger partial charge in [-0.25, -0.2) is 4.98 Å². The van der Waals surface area contributed by atoms with Gasteiger partial charge in [-0.3, -0.25) is 4.68 Å². The van der Waals surface area contributed by atoms with E-state index >= 15 is 0 Å². The van der Waals surface area contributed by atoms with Gasteiger partial charge in [0, 0.05) is 18.3 Å². The highest BCUT2D eigenvalue weighted by Gasteiger charge is 2.15. The molecule has 0 unspecified atom stereocenters. The van der Waals surface area contributed by atoms with E-state index in [1.165, 1.54) is 16.8 Å². The molecule has 2 heterocycles. The standard InChI is InChI=1S/C16H19ClN4/c1-10-5-6-14-15(7-10)21(16(8-17)18-14)9-13-11(2)19-20(4)12(13)3/h5-7H,8-9H2,1-4H3. The van der Waals surface area contributed by atoms with Gasteiger partial charge in [0.15, 0.2) is 0 Å². The zero-order chi connectivity index (χ0) is 15.1. The summed E-state index contributed by atoms with van der Waals surface area (Å²) in [6.45, 7) is 7.00. The molecule has 0 aliphatic heterocycles. The number of hydrogen-bond acceptors (Lipinski definition) is 2. The summed E-state index contributed by atoms with van der Waals surface area (Å²) in [4.78, 5) is 4.64. The number of aryl methyl sites for hydroxylation is 3. The van der Waals surface area contributed by atoms with E-state index in [9.17, 15) is 0 Å². The molecule has 2 aromatic heterocycles. The molecule has 0 aliphatic rings. The van der Waals surface area contributed by atoms with Crippen LogP contribution in [0.15, 0.2) is 18.2 Å². The van der Waals surface area contributed by atoms with E-state index in [2.05, 4.69) is 46.7 Å². The lowest BCUT2D eigenvalue weighted by atomic mass is 10.2. The maximum absolute atomic E-state index is 6.09. The van der Waals surface area contributed by atoms with Crippen LogP contribution < -0.4 is 0 Å². The van der Waals surface area contributed by atoms with Crippen LogP contribution in [0.1, 0.15) is 28.3 Å². The van der Waals surface area contributed by atoms with Crippen LogP contribution in [-0.2, 0) is 19.5 Å². The Hall–Kier alpha value is -1.81. The lowest BCUT2D eigenvalue weighted by molar-refractivity contribution is 0.725. The fraction of sp³-hybridized carbons (Fsp3) is 0.375. The van der Waals surface area contributed by atoms with E-state index in [0.717, 1.165) is 29.1 Å². The fourth-order valence-corrected chi connectivity index (χ4v) is 2.97. The third kappa shape index (κ3) is 2.33. The van der Waals surface area contributed by atoms with Gasteiger partial charge in [-0.2, -0.15) is 5.10 Å². The summed E-state index contributed by atoms with van der Waals surface area (Å²) in [6.07, 6.45) is 0. The fourth-order valence-electron chi connectivity index (χ4n) is 2.77. The van der Waals surface area contributed by atoms with Crippen LogP contribution in [0.3, 0.4) is 0 Å². The quantitative estimate of drug-likeness (QED) is 0.694. The maximum Gasteiger partial charge on any atom is 0.125 e. The Balaban J connectivity index is 2.17. The highest BCUT2D eigenvalue weighted by molar-refractivity contribution is 6.16. The predicted octanol–water partition coefficient (Wildman–Crippen LogP) is 3.48. The van der Waals surface area contributed by atoms with Crippen molar-refractivity contribution in [3.63, 3.8) is 0 Å². The van der Waals surface area contributed by atoms with Crippen LogP contribution >= 0.6 is 11.6 Å². The van der Waals surface area contributed by atoms with Crippen LogP contribution in [0.25, 0.3) is 11.0 Å². The summed E-state index contributed by atoms with van der Waals surface area (Å²) in [5, 5.41) is 4.49. The molecule has 0 aliphatic carbocycles. The van der Waals surface area contributed by atoms with Crippen LogP contribution in [0, 0.1) is 20.8 Å². The van der Waals surface area contributed by atoms with Crippen molar-refractivity contribution in [1.82, 2.24) is 19.3 Å². The van der Waals surface area contributed by atoms with Crippen molar-refractivity contribution >= 4 is 22.6 Å². The molecule has 3 aromatic rings. The first-order valence-electron chi connectivity index (χ1n) is 7.02. The number of rotatable bonds is 3. The van der Waals surface area contributed by atoms with Crippen molar-refractivity contribution in [2.45, 2.75) is 33.2 Å². The van der Waals surface area contributed by atoms with Gasteiger partial charge >= 0.3 is 0 Å². The third-order valence-electron chi connectivity index (χ3n) is 4.08. The number of fused-ring (bicyclic) bond motifs is 1. The molecule has 0 spiro atoms. The molecule has 0 saturated heterocycles.